The maximum Gasteiger partial charge on any atom is 0.262 e. The fourth-order valence-electron chi connectivity index (χ4n) is 1.80. The molecule has 1 unspecified atom stereocenters. The second-order valence-corrected chi connectivity index (χ2v) is 7.65. The Morgan fingerprint density at radius 1 is 1.17 bits per heavy atom. The topological polar surface area (TPSA) is 58.2 Å². The van der Waals surface area contributed by atoms with E-state index in [2.05, 4.69) is 42.5 Å². The number of carbonyl (C=O) groups excluding carboxylic acids is 2. The smallest absolute Gasteiger partial charge is 0.262 e. The van der Waals surface area contributed by atoms with E-state index in [1.165, 1.54) is 24.5 Å². The van der Waals surface area contributed by atoms with Gasteiger partial charge in [0.25, 0.3) is 5.91 Å². The molecule has 0 saturated heterocycles. The molecule has 0 fully saturated rings. The average Bonchev–Trinajstić information content (AvgIpc) is 2.86. The molecule has 4 nitrogen and oxygen atoms in total. The third kappa shape index (κ3) is 4.15. The molecule has 1 atom stereocenters. The molecule has 0 aliphatic rings. The molecule has 0 aliphatic carbocycles. The molecule has 0 saturated carbocycles. The number of nitrogens with one attached hydrogen (secondary N) is 2. The molecular formula is C14H10Br2F2N2O2S. The Balaban J connectivity index is 2.30. The van der Waals surface area contributed by atoms with Crippen LogP contribution < -0.4 is 10.6 Å². The van der Waals surface area contributed by atoms with Crippen molar-refractivity contribution in [1.82, 2.24) is 10.6 Å². The zero-order chi connectivity index (χ0) is 17.1. The fraction of sp³-hybridized carbons (Fsp3) is 0.143. The summed E-state index contributed by atoms with van der Waals surface area (Å²) in [5.41, 5.74) is 0.145. The molecule has 1 heterocycles. The molecule has 2 aromatic rings. The van der Waals surface area contributed by atoms with Crippen molar-refractivity contribution in [3.05, 3.63) is 54.6 Å². The van der Waals surface area contributed by atoms with Crippen LogP contribution in [0.1, 0.15) is 21.3 Å². The molecule has 23 heavy (non-hydrogen) atoms. The molecule has 0 bridgehead atoms. The molecule has 2 rings (SSSR count). The van der Waals surface area contributed by atoms with E-state index in [1.807, 2.05) is 0 Å². The minimum atomic E-state index is -1.14. The van der Waals surface area contributed by atoms with Crippen molar-refractivity contribution in [2.75, 3.05) is 7.05 Å². The van der Waals surface area contributed by atoms with Crippen LogP contribution in [0.15, 0.2) is 32.5 Å². The summed E-state index contributed by atoms with van der Waals surface area (Å²) in [6.07, 6.45) is 0. The first-order chi connectivity index (χ1) is 10.8. The van der Waals surface area contributed by atoms with Crippen LogP contribution >= 0.6 is 43.2 Å². The average molecular weight is 468 g/mol. The van der Waals surface area contributed by atoms with Crippen LogP contribution in [0.4, 0.5) is 8.78 Å². The Labute approximate surface area is 151 Å². The number of halogens is 4. The molecule has 1 aromatic heterocycles. The van der Waals surface area contributed by atoms with E-state index in [4.69, 9.17) is 0 Å². The summed E-state index contributed by atoms with van der Waals surface area (Å²) >= 11 is 7.72. The number of hydrogen-bond acceptors (Lipinski definition) is 3. The van der Waals surface area contributed by atoms with Gasteiger partial charge in [0.1, 0.15) is 6.04 Å². The highest BCUT2D eigenvalue weighted by Gasteiger charge is 2.24. The number of benzene rings is 1. The van der Waals surface area contributed by atoms with E-state index in [0.29, 0.717) is 9.35 Å². The highest BCUT2D eigenvalue weighted by Crippen LogP contribution is 2.32. The predicted octanol–water partition coefficient (Wildman–Crippen LogP) is 3.77. The van der Waals surface area contributed by atoms with Gasteiger partial charge < -0.3 is 10.6 Å². The zero-order valence-electron chi connectivity index (χ0n) is 11.6. The minimum Gasteiger partial charge on any atom is -0.357 e. The van der Waals surface area contributed by atoms with Crippen molar-refractivity contribution in [3.8, 4) is 0 Å². The van der Waals surface area contributed by atoms with E-state index in [0.717, 1.165) is 15.9 Å². The van der Waals surface area contributed by atoms with Gasteiger partial charge in [0.15, 0.2) is 11.6 Å². The normalized spacial score (nSPS) is 11.9. The van der Waals surface area contributed by atoms with E-state index < -0.39 is 29.5 Å². The Morgan fingerprint density at radius 3 is 2.39 bits per heavy atom. The molecule has 9 heteroatoms. The van der Waals surface area contributed by atoms with E-state index >= 15 is 0 Å². The number of rotatable bonds is 4. The second kappa shape index (κ2) is 7.50. The first-order valence-corrected chi connectivity index (χ1v) is 8.66. The van der Waals surface area contributed by atoms with Crippen molar-refractivity contribution in [2.24, 2.45) is 0 Å². The van der Waals surface area contributed by atoms with Crippen LogP contribution in [0.25, 0.3) is 0 Å². The summed E-state index contributed by atoms with van der Waals surface area (Å²) in [5, 5.41) is 4.90. The molecule has 2 amide bonds. The Morgan fingerprint density at radius 2 is 1.87 bits per heavy atom. The number of carbonyl (C=O) groups is 2. The third-order valence-electron chi connectivity index (χ3n) is 2.93. The lowest BCUT2D eigenvalue weighted by Crippen LogP contribution is -2.38. The van der Waals surface area contributed by atoms with Crippen molar-refractivity contribution < 1.29 is 18.4 Å². The van der Waals surface area contributed by atoms with Gasteiger partial charge in [-0.2, -0.15) is 0 Å². The largest absolute Gasteiger partial charge is 0.357 e. The van der Waals surface area contributed by atoms with Crippen LogP contribution in [-0.4, -0.2) is 18.9 Å². The lowest BCUT2D eigenvalue weighted by molar-refractivity contribution is -0.122. The Hall–Kier alpha value is -1.32. The van der Waals surface area contributed by atoms with Gasteiger partial charge in [-0.25, -0.2) is 8.78 Å². The van der Waals surface area contributed by atoms with Gasteiger partial charge in [0.05, 0.1) is 8.66 Å². The number of amides is 2. The van der Waals surface area contributed by atoms with Gasteiger partial charge in [0, 0.05) is 11.5 Å². The minimum absolute atomic E-state index is 0.145. The van der Waals surface area contributed by atoms with Gasteiger partial charge in [0.2, 0.25) is 5.91 Å². The summed E-state index contributed by atoms with van der Waals surface area (Å²) in [6, 6.07) is 3.50. The number of likely N-dealkylation sites (N-methyl/N-ethyl adjacent to an activating group) is 1. The first kappa shape index (κ1) is 18.0. The molecular weight excluding hydrogens is 458 g/mol. The van der Waals surface area contributed by atoms with E-state index in [9.17, 15) is 18.4 Å². The highest BCUT2D eigenvalue weighted by molar-refractivity contribution is 9.13. The maximum absolute atomic E-state index is 13.4. The van der Waals surface area contributed by atoms with Crippen LogP contribution in [0.2, 0.25) is 0 Å². The van der Waals surface area contributed by atoms with Crippen LogP contribution in [-0.2, 0) is 4.79 Å². The van der Waals surface area contributed by atoms with Gasteiger partial charge in [-0.3, -0.25) is 9.59 Å². The number of thiophene rings is 1. The SMILES string of the molecule is CNC(=O)C(NC(=O)c1cc(Br)c(Br)s1)c1ccc(F)c(F)c1. The summed E-state index contributed by atoms with van der Waals surface area (Å²) in [5.74, 6) is -3.16. The molecule has 122 valence electrons. The van der Waals surface area contributed by atoms with Gasteiger partial charge in [-0.1, -0.05) is 6.07 Å². The van der Waals surface area contributed by atoms with Crippen molar-refractivity contribution in [3.63, 3.8) is 0 Å². The fourth-order valence-corrected chi connectivity index (χ4v) is 3.74. The van der Waals surface area contributed by atoms with Crippen LogP contribution in [0.5, 0.6) is 0 Å². The summed E-state index contributed by atoms with van der Waals surface area (Å²) in [4.78, 5) is 24.6. The highest BCUT2D eigenvalue weighted by atomic mass is 79.9. The van der Waals surface area contributed by atoms with E-state index in [-0.39, 0.29) is 5.56 Å². The molecule has 0 aliphatic heterocycles. The van der Waals surface area contributed by atoms with Crippen LogP contribution in [0, 0.1) is 11.6 Å². The Kier molecular flexibility index (Phi) is 5.88. The summed E-state index contributed by atoms with van der Waals surface area (Å²) in [7, 11) is 1.39. The summed E-state index contributed by atoms with van der Waals surface area (Å²) < 4.78 is 27.9. The monoisotopic (exact) mass is 466 g/mol. The molecule has 1 aromatic carbocycles. The third-order valence-corrected chi connectivity index (χ3v) is 6.18. The Bertz CT molecular complexity index is 748. The van der Waals surface area contributed by atoms with Crippen molar-refractivity contribution in [1.29, 1.82) is 0 Å². The van der Waals surface area contributed by atoms with Crippen LogP contribution in [0.3, 0.4) is 0 Å². The second-order valence-electron chi connectivity index (χ2n) is 4.43. The van der Waals surface area contributed by atoms with Gasteiger partial charge in [-0.15, -0.1) is 11.3 Å². The van der Waals surface area contributed by atoms with Gasteiger partial charge in [-0.05, 0) is 55.6 Å². The zero-order valence-corrected chi connectivity index (χ0v) is 15.6. The summed E-state index contributed by atoms with van der Waals surface area (Å²) in [6.45, 7) is 0. The molecule has 2 N–H and O–H groups in total. The number of hydrogen-bond donors (Lipinski definition) is 2. The quantitative estimate of drug-likeness (QED) is 0.719. The lowest BCUT2D eigenvalue weighted by atomic mass is 10.1. The van der Waals surface area contributed by atoms with Crippen molar-refractivity contribution >= 4 is 55.0 Å². The first-order valence-electron chi connectivity index (χ1n) is 6.25. The maximum atomic E-state index is 13.4. The molecule has 0 spiro atoms. The predicted molar refractivity (Wildman–Crippen MR) is 90.4 cm³/mol. The standard InChI is InChI=1S/C14H10Br2F2N2O2S/c1-19-14(22)11(6-2-3-8(17)9(18)4-6)20-13(21)10-5-7(15)12(16)23-10/h2-5,11H,1H3,(H,19,22)(H,20,21). The van der Waals surface area contributed by atoms with Gasteiger partial charge >= 0.3 is 0 Å². The van der Waals surface area contributed by atoms with E-state index in [1.54, 1.807) is 6.07 Å². The van der Waals surface area contributed by atoms with Crippen molar-refractivity contribution in [2.45, 2.75) is 6.04 Å². The lowest BCUT2D eigenvalue weighted by Gasteiger charge is -2.17. The molecule has 0 radical (unpaired) electrons.